The maximum Gasteiger partial charge on any atom is 0.232 e. The molecule has 1 aromatic heterocycles. The SMILES string of the molecule is Cc1csc(N(C)C(=O)Cc2cccc(F)c2)n1. The van der Waals surface area contributed by atoms with Gasteiger partial charge in [-0.2, -0.15) is 0 Å². The van der Waals surface area contributed by atoms with Crippen LogP contribution in [-0.4, -0.2) is 17.9 Å². The van der Waals surface area contributed by atoms with E-state index in [2.05, 4.69) is 4.98 Å². The second-order valence-electron chi connectivity index (χ2n) is 4.03. The van der Waals surface area contributed by atoms with Crippen LogP contribution in [0.2, 0.25) is 0 Å². The first-order chi connectivity index (χ1) is 8.56. The Kier molecular flexibility index (Phi) is 3.72. The van der Waals surface area contributed by atoms with E-state index in [0.29, 0.717) is 10.7 Å². The van der Waals surface area contributed by atoms with Crippen molar-refractivity contribution >= 4 is 22.4 Å². The lowest BCUT2D eigenvalue weighted by atomic mass is 10.1. The number of aromatic nitrogens is 1. The molecule has 0 atom stereocenters. The van der Waals surface area contributed by atoms with Gasteiger partial charge in [-0.1, -0.05) is 12.1 Å². The van der Waals surface area contributed by atoms with Crippen molar-refractivity contribution in [1.82, 2.24) is 4.98 Å². The van der Waals surface area contributed by atoms with Crippen molar-refractivity contribution in [3.63, 3.8) is 0 Å². The van der Waals surface area contributed by atoms with Gasteiger partial charge in [0.1, 0.15) is 5.82 Å². The van der Waals surface area contributed by atoms with Crippen molar-refractivity contribution in [3.8, 4) is 0 Å². The molecule has 0 radical (unpaired) electrons. The highest BCUT2D eigenvalue weighted by Gasteiger charge is 2.14. The van der Waals surface area contributed by atoms with Gasteiger partial charge in [0.25, 0.3) is 0 Å². The number of hydrogen-bond acceptors (Lipinski definition) is 3. The van der Waals surface area contributed by atoms with E-state index >= 15 is 0 Å². The first kappa shape index (κ1) is 12.7. The van der Waals surface area contributed by atoms with E-state index in [9.17, 15) is 9.18 Å². The molecule has 0 unspecified atom stereocenters. The summed E-state index contributed by atoms with van der Waals surface area (Å²) in [7, 11) is 1.68. The minimum absolute atomic E-state index is 0.102. The van der Waals surface area contributed by atoms with Crippen molar-refractivity contribution < 1.29 is 9.18 Å². The summed E-state index contributed by atoms with van der Waals surface area (Å²) in [5.74, 6) is -0.428. The Hall–Kier alpha value is -1.75. The van der Waals surface area contributed by atoms with E-state index in [0.717, 1.165) is 5.69 Å². The molecule has 2 aromatic rings. The third kappa shape index (κ3) is 2.92. The van der Waals surface area contributed by atoms with Gasteiger partial charge in [-0.25, -0.2) is 9.37 Å². The molecule has 0 saturated carbocycles. The predicted molar refractivity (Wildman–Crippen MR) is 70.4 cm³/mol. The van der Waals surface area contributed by atoms with Crippen LogP contribution in [0.4, 0.5) is 9.52 Å². The number of hydrogen-bond donors (Lipinski definition) is 0. The van der Waals surface area contributed by atoms with Crippen LogP contribution in [0.3, 0.4) is 0 Å². The molecule has 2 rings (SSSR count). The van der Waals surface area contributed by atoms with Crippen LogP contribution in [0, 0.1) is 12.7 Å². The average Bonchev–Trinajstić information content (AvgIpc) is 2.75. The second kappa shape index (κ2) is 5.27. The Morgan fingerprint density at radius 1 is 1.50 bits per heavy atom. The lowest BCUT2D eigenvalue weighted by Gasteiger charge is -2.13. The zero-order valence-electron chi connectivity index (χ0n) is 10.2. The molecule has 0 N–H and O–H groups in total. The first-order valence-corrected chi connectivity index (χ1v) is 6.37. The number of thiazole rings is 1. The van der Waals surface area contributed by atoms with Crippen LogP contribution >= 0.6 is 11.3 Å². The highest BCUT2D eigenvalue weighted by atomic mass is 32.1. The summed E-state index contributed by atoms with van der Waals surface area (Å²) in [4.78, 5) is 17.7. The molecule has 1 amide bonds. The molecule has 18 heavy (non-hydrogen) atoms. The van der Waals surface area contributed by atoms with Gasteiger partial charge in [-0.3, -0.25) is 9.69 Å². The van der Waals surface area contributed by atoms with Gasteiger partial charge in [0.05, 0.1) is 12.1 Å². The van der Waals surface area contributed by atoms with E-state index < -0.39 is 0 Å². The number of halogens is 1. The van der Waals surface area contributed by atoms with Gasteiger partial charge >= 0.3 is 0 Å². The summed E-state index contributed by atoms with van der Waals surface area (Å²) >= 11 is 1.42. The van der Waals surface area contributed by atoms with E-state index in [1.54, 1.807) is 19.2 Å². The van der Waals surface area contributed by atoms with Crippen LogP contribution in [0.5, 0.6) is 0 Å². The van der Waals surface area contributed by atoms with Crippen molar-refractivity contribution in [3.05, 3.63) is 46.7 Å². The van der Waals surface area contributed by atoms with Crippen molar-refractivity contribution in [2.75, 3.05) is 11.9 Å². The van der Waals surface area contributed by atoms with Crippen molar-refractivity contribution in [1.29, 1.82) is 0 Å². The summed E-state index contributed by atoms with van der Waals surface area (Å²) < 4.78 is 13.0. The van der Waals surface area contributed by atoms with Gasteiger partial charge in [0.2, 0.25) is 5.91 Å². The normalized spacial score (nSPS) is 10.4. The summed E-state index contributed by atoms with van der Waals surface area (Å²) in [6.07, 6.45) is 0.173. The number of carbonyl (C=O) groups is 1. The average molecular weight is 264 g/mol. The number of amides is 1. The second-order valence-corrected chi connectivity index (χ2v) is 4.87. The van der Waals surface area contributed by atoms with Crippen LogP contribution in [0.15, 0.2) is 29.6 Å². The molecular weight excluding hydrogens is 251 g/mol. The largest absolute Gasteiger partial charge is 0.291 e. The quantitative estimate of drug-likeness (QED) is 0.854. The molecule has 1 aromatic carbocycles. The highest BCUT2D eigenvalue weighted by molar-refractivity contribution is 7.14. The number of carbonyl (C=O) groups excluding carboxylic acids is 1. The van der Waals surface area contributed by atoms with Crippen LogP contribution in [0.1, 0.15) is 11.3 Å². The lowest BCUT2D eigenvalue weighted by molar-refractivity contribution is -0.117. The van der Waals surface area contributed by atoms with E-state index in [1.807, 2.05) is 12.3 Å². The summed E-state index contributed by atoms with van der Waals surface area (Å²) in [6, 6.07) is 6.08. The van der Waals surface area contributed by atoms with Crippen LogP contribution < -0.4 is 4.90 Å². The molecule has 0 aliphatic carbocycles. The number of benzene rings is 1. The Morgan fingerprint density at radius 3 is 2.89 bits per heavy atom. The third-order valence-corrected chi connectivity index (χ3v) is 3.55. The van der Waals surface area contributed by atoms with E-state index in [1.165, 1.54) is 28.4 Å². The standard InChI is InChI=1S/C13H13FN2OS/c1-9-8-18-13(15-9)16(2)12(17)7-10-4-3-5-11(14)6-10/h3-6,8H,7H2,1-2H3. The molecule has 1 heterocycles. The minimum Gasteiger partial charge on any atom is -0.291 e. The summed E-state index contributed by atoms with van der Waals surface area (Å²) in [5, 5.41) is 2.55. The Morgan fingerprint density at radius 2 is 2.28 bits per heavy atom. The first-order valence-electron chi connectivity index (χ1n) is 5.49. The molecular formula is C13H13FN2OS. The van der Waals surface area contributed by atoms with Gasteiger partial charge in [-0.05, 0) is 24.6 Å². The fraction of sp³-hybridized carbons (Fsp3) is 0.231. The van der Waals surface area contributed by atoms with Gasteiger partial charge in [-0.15, -0.1) is 11.3 Å². The molecule has 0 bridgehead atoms. The molecule has 5 heteroatoms. The molecule has 0 fully saturated rings. The van der Waals surface area contributed by atoms with E-state index in [4.69, 9.17) is 0 Å². The van der Waals surface area contributed by atoms with Gasteiger partial charge in [0.15, 0.2) is 5.13 Å². The fourth-order valence-electron chi connectivity index (χ4n) is 1.54. The molecule has 0 spiro atoms. The van der Waals surface area contributed by atoms with Gasteiger partial charge in [0, 0.05) is 12.4 Å². The lowest BCUT2D eigenvalue weighted by Crippen LogP contribution is -2.27. The summed E-state index contributed by atoms with van der Waals surface area (Å²) in [5.41, 5.74) is 1.56. The van der Waals surface area contributed by atoms with Crippen molar-refractivity contribution in [2.24, 2.45) is 0 Å². The monoisotopic (exact) mass is 264 g/mol. The zero-order chi connectivity index (χ0) is 13.1. The number of nitrogens with zero attached hydrogens (tertiary/aromatic N) is 2. The van der Waals surface area contributed by atoms with E-state index in [-0.39, 0.29) is 18.1 Å². The smallest absolute Gasteiger partial charge is 0.232 e. The molecule has 0 aliphatic heterocycles. The predicted octanol–water partition coefficient (Wildman–Crippen LogP) is 2.80. The Labute approximate surface area is 109 Å². The fourth-order valence-corrected chi connectivity index (χ4v) is 2.33. The number of anilines is 1. The highest BCUT2D eigenvalue weighted by Crippen LogP contribution is 2.19. The van der Waals surface area contributed by atoms with Gasteiger partial charge < -0.3 is 0 Å². The molecule has 94 valence electrons. The van der Waals surface area contributed by atoms with Crippen LogP contribution in [0.25, 0.3) is 0 Å². The summed E-state index contributed by atoms with van der Waals surface area (Å²) in [6.45, 7) is 1.88. The molecule has 3 nitrogen and oxygen atoms in total. The zero-order valence-corrected chi connectivity index (χ0v) is 11.0. The number of likely N-dealkylation sites (N-methyl/N-ethyl adjacent to an activating group) is 1. The number of rotatable bonds is 3. The Bertz CT molecular complexity index is 568. The topological polar surface area (TPSA) is 33.2 Å². The maximum atomic E-state index is 13.0. The molecule has 0 aliphatic rings. The molecule has 0 saturated heterocycles. The number of aryl methyl sites for hydroxylation is 1. The van der Waals surface area contributed by atoms with Crippen LogP contribution in [-0.2, 0) is 11.2 Å². The maximum absolute atomic E-state index is 13.0. The minimum atomic E-state index is -0.326. The van der Waals surface area contributed by atoms with Crippen molar-refractivity contribution in [2.45, 2.75) is 13.3 Å². The Balaban J connectivity index is 2.08. The third-order valence-electron chi connectivity index (χ3n) is 2.51.